The number of aliphatic hydroxyl groups is 1. The van der Waals surface area contributed by atoms with E-state index in [-0.39, 0.29) is 31.1 Å². The Balaban J connectivity index is 1.97. The number of carbonyl (C=O) groups is 1. The summed E-state index contributed by atoms with van der Waals surface area (Å²) in [6, 6.07) is 8.74. The Morgan fingerprint density at radius 2 is 2.00 bits per heavy atom. The number of amides is 1. The predicted molar refractivity (Wildman–Crippen MR) is 113 cm³/mol. The Morgan fingerprint density at radius 3 is 2.61 bits per heavy atom. The van der Waals surface area contributed by atoms with Crippen LogP contribution < -0.4 is 9.62 Å². The molecule has 2 N–H and O–H groups in total. The molecule has 2 heterocycles. The van der Waals surface area contributed by atoms with Crippen molar-refractivity contribution in [2.24, 2.45) is 0 Å². The summed E-state index contributed by atoms with van der Waals surface area (Å²) in [7, 11) is -2.19. The second-order valence-electron chi connectivity index (χ2n) is 7.28. The van der Waals surface area contributed by atoms with E-state index in [0.29, 0.717) is 27.8 Å². The van der Waals surface area contributed by atoms with Crippen molar-refractivity contribution in [1.29, 1.82) is 0 Å². The molecule has 0 bridgehead atoms. The first-order valence-corrected chi connectivity index (χ1v) is 11.4. The third-order valence-electron chi connectivity index (χ3n) is 5.17. The van der Waals surface area contributed by atoms with Crippen LogP contribution in [0.2, 0.25) is 0 Å². The summed E-state index contributed by atoms with van der Waals surface area (Å²) >= 11 is 0. The van der Waals surface area contributed by atoms with Crippen LogP contribution in [0.4, 0.5) is 10.1 Å². The van der Waals surface area contributed by atoms with Crippen molar-refractivity contribution >= 4 is 32.6 Å². The summed E-state index contributed by atoms with van der Waals surface area (Å²) < 4.78 is 51.1. The lowest BCUT2D eigenvalue weighted by Crippen LogP contribution is -2.38. The number of nitrogens with zero attached hydrogens (tertiary/aromatic N) is 1. The number of benzene rings is 2. The zero-order valence-electron chi connectivity index (χ0n) is 16.9. The van der Waals surface area contributed by atoms with E-state index in [9.17, 15) is 22.7 Å². The Hall–Kier alpha value is -2.95. The zero-order chi connectivity index (χ0) is 22.3. The maximum Gasteiger partial charge on any atom is 0.255 e. The van der Waals surface area contributed by atoms with Crippen molar-refractivity contribution in [3.05, 3.63) is 53.3 Å². The van der Waals surface area contributed by atoms with Gasteiger partial charge in [-0.15, -0.1) is 0 Å². The molecule has 0 unspecified atom stereocenters. The number of furan rings is 1. The van der Waals surface area contributed by atoms with E-state index in [1.807, 2.05) is 0 Å². The van der Waals surface area contributed by atoms with Crippen molar-refractivity contribution in [3.8, 4) is 11.3 Å². The lowest BCUT2D eigenvalue weighted by atomic mass is 10.0. The largest absolute Gasteiger partial charge is 0.455 e. The Kier molecular flexibility index (Phi) is 5.46. The van der Waals surface area contributed by atoms with Gasteiger partial charge in [-0.25, -0.2) is 12.8 Å². The van der Waals surface area contributed by atoms with Gasteiger partial charge in [-0.2, -0.15) is 0 Å². The molecular formula is C21H21FN2O6S. The standard InChI is InChI=1S/C21H21FN2O6S/c1-23-21(26)19-16-7-13-11-29-15(10-25)9-24(31(2,27)28)17(13)8-18(16)30-20(19)12-3-5-14(22)6-4-12/h3-8,15,25H,9-11H2,1-2H3,(H,23,26)/t15-/m1/s1. The smallest absolute Gasteiger partial charge is 0.255 e. The van der Waals surface area contributed by atoms with E-state index in [1.165, 1.54) is 31.3 Å². The average Bonchev–Trinajstić information content (AvgIpc) is 2.99. The molecule has 0 aliphatic carbocycles. The number of nitrogens with one attached hydrogen (secondary N) is 1. The highest BCUT2D eigenvalue weighted by Gasteiger charge is 2.30. The van der Waals surface area contributed by atoms with Crippen molar-refractivity contribution < 1.29 is 31.9 Å². The molecule has 8 nitrogen and oxygen atoms in total. The van der Waals surface area contributed by atoms with E-state index in [1.54, 1.807) is 12.1 Å². The van der Waals surface area contributed by atoms with Gasteiger partial charge in [0.25, 0.3) is 5.91 Å². The van der Waals surface area contributed by atoms with E-state index in [0.717, 1.165) is 10.6 Å². The average molecular weight is 448 g/mol. The van der Waals surface area contributed by atoms with Gasteiger partial charge in [0.15, 0.2) is 0 Å². The summed E-state index contributed by atoms with van der Waals surface area (Å²) in [6.07, 6.45) is 0.379. The molecule has 1 atom stereocenters. The van der Waals surface area contributed by atoms with Crippen LogP contribution in [0.3, 0.4) is 0 Å². The fraction of sp³-hybridized carbons (Fsp3) is 0.286. The summed E-state index contributed by atoms with van der Waals surface area (Å²) in [6.45, 7) is -0.344. The lowest BCUT2D eigenvalue weighted by molar-refractivity contribution is 0.0127. The second-order valence-corrected chi connectivity index (χ2v) is 9.19. The van der Waals surface area contributed by atoms with Gasteiger partial charge in [0, 0.05) is 29.6 Å². The molecule has 0 saturated carbocycles. The molecule has 1 amide bonds. The number of hydrogen-bond donors (Lipinski definition) is 2. The highest BCUT2D eigenvalue weighted by molar-refractivity contribution is 7.92. The van der Waals surface area contributed by atoms with Gasteiger partial charge >= 0.3 is 0 Å². The van der Waals surface area contributed by atoms with Gasteiger partial charge in [0.05, 0.1) is 43.4 Å². The number of fused-ring (bicyclic) bond motifs is 2. The Bertz CT molecular complexity index is 1250. The maximum atomic E-state index is 13.4. The molecular weight excluding hydrogens is 427 g/mol. The predicted octanol–water partition coefficient (Wildman–Crippen LogP) is 2.26. The number of sulfonamides is 1. The molecule has 0 spiro atoms. The first-order chi connectivity index (χ1) is 14.7. The van der Waals surface area contributed by atoms with Crippen LogP contribution in [0, 0.1) is 5.82 Å². The molecule has 2 aromatic carbocycles. The number of aliphatic hydroxyl groups excluding tert-OH is 1. The molecule has 4 rings (SSSR count). The van der Waals surface area contributed by atoms with Gasteiger partial charge < -0.3 is 19.6 Å². The van der Waals surface area contributed by atoms with Gasteiger partial charge in [-0.3, -0.25) is 9.10 Å². The van der Waals surface area contributed by atoms with Crippen LogP contribution in [-0.2, 0) is 21.4 Å². The topological polar surface area (TPSA) is 109 Å². The van der Waals surface area contributed by atoms with Gasteiger partial charge in [-0.1, -0.05) is 0 Å². The normalized spacial score (nSPS) is 16.8. The highest BCUT2D eigenvalue weighted by atomic mass is 32.2. The first-order valence-electron chi connectivity index (χ1n) is 9.50. The Labute approximate surface area is 178 Å². The number of ether oxygens (including phenoxy) is 1. The Morgan fingerprint density at radius 1 is 1.29 bits per heavy atom. The molecule has 31 heavy (non-hydrogen) atoms. The number of anilines is 1. The maximum absolute atomic E-state index is 13.4. The molecule has 1 aliphatic heterocycles. The molecule has 0 fully saturated rings. The monoisotopic (exact) mass is 448 g/mol. The molecule has 3 aromatic rings. The zero-order valence-corrected chi connectivity index (χ0v) is 17.7. The molecule has 1 aromatic heterocycles. The SMILES string of the molecule is CNC(=O)c1c(-c2ccc(F)cc2)oc2cc3c(cc12)CO[C@@H](CO)CN3S(C)(=O)=O. The molecule has 1 aliphatic rings. The molecule has 0 radical (unpaired) electrons. The van der Waals surface area contributed by atoms with Crippen molar-refractivity contribution in [2.45, 2.75) is 12.7 Å². The van der Waals surface area contributed by atoms with Gasteiger partial charge in [-0.05, 0) is 30.3 Å². The van der Waals surface area contributed by atoms with Crippen LogP contribution in [-0.4, -0.2) is 52.0 Å². The van der Waals surface area contributed by atoms with Gasteiger partial charge in [0.2, 0.25) is 10.0 Å². The minimum atomic E-state index is -3.68. The van der Waals surface area contributed by atoms with Crippen LogP contribution in [0.1, 0.15) is 15.9 Å². The van der Waals surface area contributed by atoms with Gasteiger partial charge in [0.1, 0.15) is 17.2 Å². The first kappa shape index (κ1) is 21.3. The van der Waals surface area contributed by atoms with E-state index in [2.05, 4.69) is 5.32 Å². The number of halogens is 1. The third-order valence-corrected chi connectivity index (χ3v) is 6.31. The minimum absolute atomic E-state index is 0.0484. The number of hydrogen-bond acceptors (Lipinski definition) is 6. The van der Waals surface area contributed by atoms with Crippen LogP contribution in [0.25, 0.3) is 22.3 Å². The molecule has 10 heteroatoms. The van der Waals surface area contributed by atoms with E-state index in [4.69, 9.17) is 9.15 Å². The summed E-state index contributed by atoms with van der Waals surface area (Å²) in [4.78, 5) is 12.7. The quantitative estimate of drug-likeness (QED) is 0.634. The third kappa shape index (κ3) is 3.89. The van der Waals surface area contributed by atoms with Crippen LogP contribution >= 0.6 is 0 Å². The van der Waals surface area contributed by atoms with Crippen molar-refractivity contribution in [2.75, 3.05) is 30.8 Å². The second kappa shape index (κ2) is 7.95. The summed E-state index contributed by atoms with van der Waals surface area (Å²) in [5.41, 5.74) is 1.94. The van der Waals surface area contributed by atoms with Crippen molar-refractivity contribution in [1.82, 2.24) is 5.32 Å². The summed E-state index contributed by atoms with van der Waals surface area (Å²) in [5, 5.41) is 12.6. The van der Waals surface area contributed by atoms with E-state index >= 15 is 0 Å². The number of rotatable bonds is 4. The lowest BCUT2D eigenvalue weighted by Gasteiger charge is -2.24. The number of carbonyl (C=O) groups excluding carboxylic acids is 1. The van der Waals surface area contributed by atoms with Crippen LogP contribution in [0.15, 0.2) is 40.8 Å². The minimum Gasteiger partial charge on any atom is -0.455 e. The van der Waals surface area contributed by atoms with E-state index < -0.39 is 27.9 Å². The van der Waals surface area contributed by atoms with Crippen LogP contribution in [0.5, 0.6) is 0 Å². The fourth-order valence-corrected chi connectivity index (χ4v) is 4.61. The molecule has 0 saturated heterocycles. The van der Waals surface area contributed by atoms with Crippen molar-refractivity contribution in [3.63, 3.8) is 0 Å². The molecule has 164 valence electrons. The summed E-state index contributed by atoms with van der Waals surface area (Å²) in [5.74, 6) is -0.581. The fourth-order valence-electron chi connectivity index (χ4n) is 3.65. The highest BCUT2D eigenvalue weighted by Crippen LogP contribution is 2.39.